The van der Waals surface area contributed by atoms with E-state index in [1.807, 2.05) is 6.26 Å². The maximum absolute atomic E-state index is 5.16. The number of hydrogen-bond donors (Lipinski definition) is 1. The van der Waals surface area contributed by atoms with Crippen molar-refractivity contribution >= 4 is 35.0 Å². The summed E-state index contributed by atoms with van der Waals surface area (Å²) in [5.74, 6) is 0. The van der Waals surface area contributed by atoms with Crippen LogP contribution in [-0.2, 0) is 0 Å². The van der Waals surface area contributed by atoms with Crippen molar-refractivity contribution in [3.8, 4) is 0 Å². The van der Waals surface area contributed by atoms with Gasteiger partial charge in [-0.3, -0.25) is 0 Å². The third-order valence-corrected chi connectivity index (χ3v) is 0. The van der Waals surface area contributed by atoms with Gasteiger partial charge >= 0.3 is 41.3 Å². The molecule has 1 atom stereocenters. The molecular formula is CH4BIS. The fraction of sp³-hybridized carbons (Fsp3) is 1.00. The van der Waals surface area contributed by atoms with Crippen LogP contribution in [0.15, 0.2) is 0 Å². The van der Waals surface area contributed by atoms with Crippen LogP contribution in [0.1, 0.15) is 0 Å². The first-order chi connectivity index (χ1) is 1.73. The van der Waals surface area contributed by atoms with E-state index in [0.29, 0.717) is 0 Å². The fourth-order valence-electron chi connectivity index (χ4n) is 0. The average Bonchev–Trinajstić information content (AvgIpc) is 0.811. The van der Waals surface area contributed by atoms with E-state index in [-0.39, 0.29) is 7.30 Å². The van der Waals surface area contributed by atoms with Crippen LogP contribution < -0.4 is 0 Å². The molecule has 3 heteroatoms. The predicted molar refractivity (Wildman–Crippen MR) is 34.7 cm³/mol. The van der Waals surface area contributed by atoms with Gasteiger partial charge in [0, 0.05) is 0 Å². The maximum atomic E-state index is 5.16. The van der Waals surface area contributed by atoms with Gasteiger partial charge in [-0.15, -0.1) is 0 Å². The number of hydrogen-bond acceptors (Lipinski definition) is 0. The molecule has 0 aliphatic heterocycles. The van der Waals surface area contributed by atoms with Crippen molar-refractivity contribution < 1.29 is 0 Å². The molecule has 0 fully saturated rings. The Morgan fingerprint density at radius 1 is 2.00 bits per heavy atom. The quantitative estimate of drug-likeness (QED) is 0.326. The molecule has 4 heavy (non-hydrogen) atoms. The van der Waals surface area contributed by atoms with Crippen LogP contribution in [0.5, 0.6) is 0 Å². The minimum absolute atomic E-state index is 0.150. The van der Waals surface area contributed by atoms with Crippen molar-refractivity contribution in [3.63, 3.8) is 0 Å². The van der Waals surface area contributed by atoms with E-state index >= 15 is 0 Å². The molecule has 0 radical (unpaired) electrons. The van der Waals surface area contributed by atoms with Gasteiger partial charge in [0.15, 0.2) is 0 Å². The van der Waals surface area contributed by atoms with Gasteiger partial charge in [-0.05, 0) is 0 Å². The van der Waals surface area contributed by atoms with E-state index in [1.54, 1.807) is 0 Å². The summed E-state index contributed by atoms with van der Waals surface area (Å²) in [4.78, 5) is 0. The summed E-state index contributed by atoms with van der Waals surface area (Å²) >= 11 is 2.19. The second-order valence-corrected chi connectivity index (χ2v) is 6.14. The van der Waals surface area contributed by atoms with Gasteiger partial charge in [0.05, 0.1) is 0 Å². The molecule has 0 aromatic carbocycles. The second-order valence-electron chi connectivity index (χ2n) is 0.525. The Kier molecular flexibility index (Phi) is 3.07. The van der Waals surface area contributed by atoms with E-state index in [2.05, 4.69) is 21.2 Å². The van der Waals surface area contributed by atoms with Gasteiger partial charge in [0.25, 0.3) is 0 Å². The third-order valence-electron chi connectivity index (χ3n) is 0. The SMILES string of the molecule is B#[SH](C)I. The molecule has 0 aromatic heterocycles. The monoisotopic (exact) mass is 186 g/mol. The summed E-state index contributed by atoms with van der Waals surface area (Å²) in [6, 6.07) is 0. The van der Waals surface area contributed by atoms with Gasteiger partial charge in [-0.1, -0.05) is 0 Å². The number of thiol groups is 1. The van der Waals surface area contributed by atoms with Gasteiger partial charge < -0.3 is 0 Å². The summed E-state index contributed by atoms with van der Waals surface area (Å²) < 4.78 is 0. The minimum atomic E-state index is -0.150. The molecule has 0 aliphatic rings. The zero-order valence-electron chi connectivity index (χ0n) is 2.40. The van der Waals surface area contributed by atoms with E-state index in [0.717, 1.165) is 0 Å². The Morgan fingerprint density at radius 3 is 2.00 bits per heavy atom. The van der Waals surface area contributed by atoms with Gasteiger partial charge in [-0.25, -0.2) is 0 Å². The van der Waals surface area contributed by atoms with Crippen LogP contribution >= 0.6 is 28.5 Å². The van der Waals surface area contributed by atoms with E-state index < -0.39 is 0 Å². The molecule has 0 heterocycles. The van der Waals surface area contributed by atoms with Crippen molar-refractivity contribution in [1.29, 1.82) is 0 Å². The fourth-order valence-corrected chi connectivity index (χ4v) is 0. The van der Waals surface area contributed by atoms with Crippen molar-refractivity contribution in [1.82, 2.24) is 0 Å². The molecule has 0 aromatic rings. The summed E-state index contributed by atoms with van der Waals surface area (Å²) in [6.45, 7) is 5.16. The standard InChI is InChI=1S/CH4BIS/c1-4(2)3/h4H,1H3. The zero-order chi connectivity index (χ0) is 3.58. The molecular weight excluding hydrogens is 182 g/mol. The summed E-state index contributed by atoms with van der Waals surface area (Å²) in [5.41, 5.74) is 0. The predicted octanol–water partition coefficient (Wildman–Crippen LogP) is 1.05. The summed E-state index contributed by atoms with van der Waals surface area (Å²) in [5, 5.41) is 0. The number of rotatable bonds is 0. The van der Waals surface area contributed by atoms with Crippen molar-refractivity contribution in [2.24, 2.45) is 0 Å². The second kappa shape index (κ2) is 2.39. The Hall–Kier alpha value is 1.14. The summed E-state index contributed by atoms with van der Waals surface area (Å²) in [7, 11) is -0.150. The molecule has 0 saturated heterocycles. The Morgan fingerprint density at radius 2 is 2.00 bits per heavy atom. The Balaban J connectivity index is 3.02. The van der Waals surface area contributed by atoms with Gasteiger partial charge in [0.2, 0.25) is 0 Å². The van der Waals surface area contributed by atoms with E-state index in [1.165, 1.54) is 0 Å². The molecule has 24 valence electrons. The van der Waals surface area contributed by atoms with Crippen LogP contribution in [0.4, 0.5) is 0 Å². The molecule has 0 rings (SSSR count). The Bertz CT molecular complexity index is 54.2. The first-order valence-corrected chi connectivity index (χ1v) is 5.52. The van der Waals surface area contributed by atoms with Crippen molar-refractivity contribution in [2.75, 3.05) is 6.26 Å². The van der Waals surface area contributed by atoms with Gasteiger partial charge in [-0.2, -0.15) is 0 Å². The molecule has 0 nitrogen and oxygen atoms in total. The Labute approximate surface area is 41.4 Å². The average molecular weight is 186 g/mol. The summed E-state index contributed by atoms with van der Waals surface area (Å²) in [6.07, 6.45) is 2.00. The zero-order valence-corrected chi connectivity index (χ0v) is 5.45. The molecule has 1 unspecified atom stereocenters. The molecule has 0 amide bonds. The number of halogens is 1. The van der Waals surface area contributed by atoms with E-state index in [4.69, 9.17) is 6.53 Å². The van der Waals surface area contributed by atoms with Crippen LogP contribution in [0, 0.1) is 0 Å². The molecule has 0 spiro atoms. The van der Waals surface area contributed by atoms with Crippen LogP contribution in [0.2, 0.25) is 0 Å². The normalized spacial score (nSPS) is 16.0. The molecule has 0 saturated carbocycles. The topological polar surface area (TPSA) is 0 Å². The van der Waals surface area contributed by atoms with Crippen LogP contribution in [0.25, 0.3) is 0 Å². The first-order valence-electron chi connectivity index (χ1n) is 0.874. The third kappa shape index (κ3) is 11.0. The molecule has 0 bridgehead atoms. The first kappa shape index (κ1) is 5.14. The van der Waals surface area contributed by atoms with Crippen molar-refractivity contribution in [3.05, 3.63) is 0 Å². The van der Waals surface area contributed by atoms with Gasteiger partial charge in [0.1, 0.15) is 0 Å². The van der Waals surface area contributed by atoms with E-state index in [9.17, 15) is 0 Å². The van der Waals surface area contributed by atoms with Crippen molar-refractivity contribution in [2.45, 2.75) is 0 Å². The molecule has 0 aliphatic carbocycles. The van der Waals surface area contributed by atoms with Crippen LogP contribution in [0.3, 0.4) is 0 Å². The molecule has 0 N–H and O–H groups in total. The van der Waals surface area contributed by atoms with Crippen LogP contribution in [-0.4, -0.2) is 12.8 Å².